The zero-order valence-electron chi connectivity index (χ0n) is 38.2. The van der Waals surface area contributed by atoms with Gasteiger partial charge in [-0.3, -0.25) is 0 Å². The molecule has 0 heterocycles. The third-order valence-corrected chi connectivity index (χ3v) is 25.5. The Bertz CT molecular complexity index is 2500. The van der Waals surface area contributed by atoms with Crippen molar-refractivity contribution < 1.29 is 84.8 Å². The summed E-state index contributed by atoms with van der Waals surface area (Å²) >= 11 is -0.951. The van der Waals surface area contributed by atoms with E-state index in [-0.39, 0.29) is 106 Å². The van der Waals surface area contributed by atoms with Crippen LogP contribution in [0, 0.1) is 56.3 Å². The van der Waals surface area contributed by atoms with Crippen LogP contribution in [0.1, 0.15) is 83.0 Å². The summed E-state index contributed by atoms with van der Waals surface area (Å²) in [5, 5.41) is 0. The molecule has 328 valence electrons. The molecule has 0 amide bonds. The van der Waals surface area contributed by atoms with Crippen LogP contribution in [0.4, 0.5) is 0 Å². The minimum Gasteiger partial charge on any atom is -0.0548 e. The molecular formula is C62H56I4+4. The molecule has 4 aliphatic carbocycles. The van der Waals surface area contributed by atoms with Gasteiger partial charge in [0, 0.05) is 0 Å². The normalized spacial score (nSPS) is 23.0. The SMILES string of the molecule is Cc1ccc([I+]c2ccc(C34CC5(c6ccc([I+]c7ccc(C)cc7)cc6)CC(c6ccc([I+]c7ccc(C)cc7)cc6)(C3)CC(c3ccc([I+]c6ccc(C)cc6)cc3)(C4)C5)cc2)cc1. The van der Waals surface area contributed by atoms with E-state index in [1.807, 2.05) is 0 Å². The van der Waals surface area contributed by atoms with Crippen molar-refractivity contribution in [3.05, 3.63) is 267 Å². The Kier molecular flexibility index (Phi) is 12.7. The van der Waals surface area contributed by atoms with E-state index in [9.17, 15) is 0 Å². The molecule has 12 rings (SSSR count). The van der Waals surface area contributed by atoms with Gasteiger partial charge in [-0.1, -0.05) is 119 Å². The Hall–Kier alpha value is -3.32. The third-order valence-electron chi connectivity index (χ3n) is 14.8. The highest BCUT2D eigenvalue weighted by molar-refractivity contribution is 5.49. The van der Waals surface area contributed by atoms with Crippen molar-refractivity contribution in [3.8, 4) is 0 Å². The molecule has 0 saturated heterocycles. The first-order valence-corrected chi connectivity index (χ1v) is 32.0. The molecule has 0 atom stereocenters. The average Bonchev–Trinajstić information content (AvgIpc) is 3.32. The van der Waals surface area contributed by atoms with Gasteiger partial charge in [0.15, 0.2) is 28.6 Å². The first-order chi connectivity index (χ1) is 32.0. The van der Waals surface area contributed by atoms with Crippen LogP contribution in [0.25, 0.3) is 0 Å². The lowest BCUT2D eigenvalue weighted by molar-refractivity contribution is -0.597. The van der Waals surface area contributed by atoms with Crippen molar-refractivity contribution in [2.24, 2.45) is 0 Å². The van der Waals surface area contributed by atoms with Crippen LogP contribution in [-0.4, -0.2) is 0 Å². The van der Waals surface area contributed by atoms with E-state index < -0.39 is 0 Å². The number of rotatable bonds is 12. The number of hydrogen-bond donors (Lipinski definition) is 0. The number of halogens is 4. The van der Waals surface area contributed by atoms with Crippen LogP contribution >= 0.6 is 0 Å². The Labute approximate surface area is 434 Å². The molecule has 8 aromatic rings. The zero-order chi connectivity index (χ0) is 44.9. The van der Waals surface area contributed by atoms with Crippen LogP contribution < -0.4 is 84.8 Å². The summed E-state index contributed by atoms with van der Waals surface area (Å²) in [5.41, 5.74) is 11.9. The molecule has 8 aromatic carbocycles. The zero-order valence-corrected chi connectivity index (χ0v) is 46.9. The summed E-state index contributed by atoms with van der Waals surface area (Å²) in [6, 6.07) is 77.9. The maximum absolute atomic E-state index is 2.59. The monoisotopic (exact) mass is 1310 g/mol. The Balaban J connectivity index is 1.02. The van der Waals surface area contributed by atoms with Crippen LogP contribution in [0.5, 0.6) is 0 Å². The van der Waals surface area contributed by atoms with Crippen LogP contribution in [-0.2, 0) is 21.7 Å². The van der Waals surface area contributed by atoms with Gasteiger partial charge in [-0.25, -0.2) is 0 Å². The summed E-state index contributed by atoms with van der Waals surface area (Å²) in [5.74, 6) is 0. The molecule has 0 spiro atoms. The second kappa shape index (κ2) is 18.5. The van der Waals surface area contributed by atoms with Gasteiger partial charge in [-0.05, 0) is 207 Å². The number of aryl methyl sites for hydroxylation is 4. The molecule has 4 heteroatoms. The highest BCUT2D eigenvalue weighted by atomic mass is 127. The van der Waals surface area contributed by atoms with E-state index in [1.54, 1.807) is 22.3 Å². The van der Waals surface area contributed by atoms with Crippen molar-refractivity contribution in [1.82, 2.24) is 0 Å². The molecule has 66 heavy (non-hydrogen) atoms. The van der Waals surface area contributed by atoms with E-state index in [4.69, 9.17) is 0 Å². The van der Waals surface area contributed by atoms with Crippen LogP contribution in [0.3, 0.4) is 0 Å². The van der Waals surface area contributed by atoms with Gasteiger partial charge in [-0.2, -0.15) is 0 Å². The first-order valence-electron chi connectivity index (χ1n) is 23.3. The molecule has 0 radical (unpaired) electrons. The molecule has 0 aliphatic heterocycles. The average molecular weight is 1310 g/mol. The van der Waals surface area contributed by atoms with E-state index in [0.717, 1.165) is 0 Å². The maximum atomic E-state index is 2.59. The van der Waals surface area contributed by atoms with Gasteiger partial charge < -0.3 is 0 Å². The van der Waals surface area contributed by atoms with Gasteiger partial charge in [0.25, 0.3) is 0 Å². The van der Waals surface area contributed by atoms with E-state index in [0.29, 0.717) is 0 Å². The highest BCUT2D eigenvalue weighted by Gasteiger charge is 2.69. The standard InChI is InChI=1S/C62H56I4/c1-43-5-21-51(22-6-43)63-55-29-13-47(14-30-55)59-37-60(48-15-31-56(32-16-48)64-52-23-7-44(2)8-24-52)40-61(38-59,49-17-33-57(34-18-49)65-53-25-9-45(3)10-26-53)42-62(39-59,41-60)50-19-35-58(36-20-50)66-54-27-11-46(4)12-28-54/h5-36H,37-42H2,1-4H3/q+4. The smallest absolute Gasteiger partial charge is 0.0548 e. The second-order valence-corrected chi connectivity index (χ2v) is 31.9. The summed E-state index contributed by atoms with van der Waals surface area (Å²) in [6.45, 7) is 8.77. The third kappa shape index (κ3) is 9.27. The summed E-state index contributed by atoms with van der Waals surface area (Å²) in [6.07, 6.45) is 7.31. The fourth-order valence-electron chi connectivity index (χ4n) is 12.2. The molecule has 4 aliphatic rings. The largest absolute Gasteiger partial charge is 0.357 e. The molecule has 0 aromatic heterocycles. The summed E-state index contributed by atoms with van der Waals surface area (Å²) in [4.78, 5) is 0. The van der Waals surface area contributed by atoms with Crippen molar-refractivity contribution in [2.75, 3.05) is 0 Å². The minimum atomic E-state index is -0.238. The van der Waals surface area contributed by atoms with Gasteiger partial charge in [-0.15, -0.1) is 0 Å². The molecule has 4 bridgehead atoms. The van der Waals surface area contributed by atoms with E-state index in [2.05, 4.69) is 222 Å². The molecule has 4 fully saturated rings. The van der Waals surface area contributed by atoms with Crippen molar-refractivity contribution in [2.45, 2.75) is 87.9 Å². The number of hydrogen-bond acceptors (Lipinski definition) is 0. The Morgan fingerprint density at radius 2 is 0.348 bits per heavy atom. The van der Waals surface area contributed by atoms with Crippen molar-refractivity contribution >= 4 is 0 Å². The van der Waals surface area contributed by atoms with Crippen molar-refractivity contribution in [1.29, 1.82) is 0 Å². The second-order valence-electron chi connectivity index (χ2n) is 19.8. The van der Waals surface area contributed by atoms with E-state index >= 15 is 0 Å². The van der Waals surface area contributed by atoms with E-state index in [1.165, 1.54) is 89.3 Å². The molecule has 0 N–H and O–H groups in total. The molecular weight excluding hydrogens is 1250 g/mol. The van der Waals surface area contributed by atoms with Gasteiger partial charge >= 0.3 is 84.8 Å². The summed E-state index contributed by atoms with van der Waals surface area (Å²) < 4.78 is 12.0. The fourth-order valence-corrected chi connectivity index (χ4v) is 20.8. The Morgan fingerprint density at radius 3 is 0.500 bits per heavy atom. The minimum absolute atomic E-state index is 0.0595. The predicted octanol–water partition coefficient (Wildman–Crippen LogP) is 1.87. The quantitative estimate of drug-likeness (QED) is 0.164. The van der Waals surface area contributed by atoms with Gasteiger partial charge in [0.05, 0.1) is 0 Å². The summed E-state index contributed by atoms with van der Waals surface area (Å²) in [7, 11) is 0. The highest BCUT2D eigenvalue weighted by Crippen LogP contribution is 2.74. The first kappa shape index (κ1) is 45.1. The van der Waals surface area contributed by atoms with Crippen LogP contribution in [0.15, 0.2) is 194 Å². The Morgan fingerprint density at radius 1 is 0.212 bits per heavy atom. The van der Waals surface area contributed by atoms with Crippen molar-refractivity contribution in [3.63, 3.8) is 0 Å². The topological polar surface area (TPSA) is 0 Å². The van der Waals surface area contributed by atoms with Gasteiger partial charge in [0.2, 0.25) is 0 Å². The molecule has 4 saturated carbocycles. The number of benzene rings is 8. The predicted molar refractivity (Wildman–Crippen MR) is 254 cm³/mol. The fraction of sp³-hybridized carbons (Fsp3) is 0.226. The molecule has 0 nitrogen and oxygen atoms in total. The maximum Gasteiger partial charge on any atom is 0.357 e. The lowest BCUT2D eigenvalue weighted by Crippen LogP contribution is -3.61. The van der Waals surface area contributed by atoms with Crippen LogP contribution in [0.2, 0.25) is 0 Å². The molecule has 0 unspecified atom stereocenters. The van der Waals surface area contributed by atoms with Gasteiger partial charge in [0.1, 0.15) is 0 Å². The lowest BCUT2D eigenvalue weighted by Gasteiger charge is -2.71. The lowest BCUT2D eigenvalue weighted by atomic mass is 9.32.